The van der Waals surface area contributed by atoms with Gasteiger partial charge in [-0.15, -0.1) is 0 Å². The van der Waals surface area contributed by atoms with Gasteiger partial charge in [-0.3, -0.25) is 4.79 Å². The molecule has 1 aliphatic rings. The van der Waals surface area contributed by atoms with Gasteiger partial charge in [0, 0.05) is 12.2 Å². The van der Waals surface area contributed by atoms with Gasteiger partial charge < -0.3 is 4.57 Å². The minimum Gasteiger partial charge on any atom is -0.312 e. The summed E-state index contributed by atoms with van der Waals surface area (Å²) in [5, 5.41) is 8.59. The highest BCUT2D eigenvalue weighted by molar-refractivity contribution is 5.28. The number of aryl methyl sites for hydroxylation is 1. The summed E-state index contributed by atoms with van der Waals surface area (Å²) in [7, 11) is 0. The summed E-state index contributed by atoms with van der Waals surface area (Å²) in [6.07, 6.45) is 1.98. The fourth-order valence-electron chi connectivity index (χ4n) is 1.58. The predicted octanol–water partition coefficient (Wildman–Crippen LogP) is 0.666. The van der Waals surface area contributed by atoms with Crippen molar-refractivity contribution in [1.82, 2.24) is 4.57 Å². The highest BCUT2D eigenvalue weighted by atomic mass is 16.1. The van der Waals surface area contributed by atoms with Gasteiger partial charge in [0.25, 0.3) is 5.56 Å². The fraction of sp³-hybridized carbons (Fsp3) is 0.333. The predicted molar refractivity (Wildman–Crippen MR) is 43.7 cm³/mol. The summed E-state index contributed by atoms with van der Waals surface area (Å²) >= 11 is 0. The molecule has 0 fully saturated rings. The summed E-state index contributed by atoms with van der Waals surface area (Å²) in [6, 6.07) is 5.37. The first-order valence-electron chi connectivity index (χ1n) is 3.96. The Morgan fingerprint density at radius 3 is 3.08 bits per heavy atom. The van der Waals surface area contributed by atoms with Crippen molar-refractivity contribution in [2.45, 2.75) is 19.4 Å². The Bertz CT molecular complexity index is 412. The molecule has 1 aliphatic heterocycles. The molecular formula is C9H8N2O. The van der Waals surface area contributed by atoms with E-state index in [4.69, 9.17) is 5.26 Å². The van der Waals surface area contributed by atoms with Gasteiger partial charge in [0.1, 0.15) is 11.6 Å². The lowest BCUT2D eigenvalue weighted by Crippen LogP contribution is -2.21. The van der Waals surface area contributed by atoms with Crippen LogP contribution in [0.2, 0.25) is 0 Å². The zero-order valence-corrected chi connectivity index (χ0v) is 6.58. The van der Waals surface area contributed by atoms with Gasteiger partial charge in [-0.1, -0.05) is 0 Å². The second-order valence-corrected chi connectivity index (χ2v) is 2.91. The molecule has 0 aromatic carbocycles. The number of fused-ring (bicyclic) bond motifs is 1. The van der Waals surface area contributed by atoms with Crippen LogP contribution in [-0.2, 0) is 13.0 Å². The Hall–Kier alpha value is -1.56. The van der Waals surface area contributed by atoms with Gasteiger partial charge in [-0.25, -0.2) is 0 Å². The molecule has 0 spiro atoms. The van der Waals surface area contributed by atoms with E-state index in [1.54, 1.807) is 10.6 Å². The summed E-state index contributed by atoms with van der Waals surface area (Å²) < 4.78 is 1.69. The van der Waals surface area contributed by atoms with Crippen molar-refractivity contribution in [2.24, 2.45) is 0 Å². The summed E-state index contributed by atoms with van der Waals surface area (Å²) in [4.78, 5) is 11.4. The molecule has 0 saturated carbocycles. The van der Waals surface area contributed by atoms with Gasteiger partial charge in [-0.2, -0.15) is 5.26 Å². The van der Waals surface area contributed by atoms with E-state index < -0.39 is 0 Å². The van der Waals surface area contributed by atoms with E-state index in [0.717, 1.165) is 25.1 Å². The van der Waals surface area contributed by atoms with E-state index in [0.29, 0.717) is 0 Å². The molecule has 0 atom stereocenters. The molecule has 0 amide bonds. The highest BCUT2D eigenvalue weighted by Crippen LogP contribution is 2.11. The molecular weight excluding hydrogens is 152 g/mol. The van der Waals surface area contributed by atoms with Gasteiger partial charge in [0.15, 0.2) is 0 Å². The number of hydrogen-bond donors (Lipinski definition) is 0. The molecule has 0 aliphatic carbocycles. The minimum absolute atomic E-state index is 0.132. The van der Waals surface area contributed by atoms with Crippen molar-refractivity contribution in [3.05, 3.63) is 33.7 Å². The van der Waals surface area contributed by atoms with Crippen molar-refractivity contribution in [2.75, 3.05) is 0 Å². The minimum atomic E-state index is -0.132. The molecule has 60 valence electrons. The van der Waals surface area contributed by atoms with E-state index in [1.165, 1.54) is 0 Å². The number of nitrogens with zero attached hydrogens (tertiary/aromatic N) is 2. The van der Waals surface area contributed by atoms with Crippen LogP contribution in [0.1, 0.15) is 17.7 Å². The number of nitriles is 1. The van der Waals surface area contributed by atoms with Crippen LogP contribution < -0.4 is 5.56 Å². The quantitative estimate of drug-likeness (QED) is 0.559. The normalized spacial score (nSPS) is 13.9. The number of rotatable bonds is 0. The zero-order valence-electron chi connectivity index (χ0n) is 6.58. The third-order valence-electron chi connectivity index (χ3n) is 2.20. The van der Waals surface area contributed by atoms with Crippen LogP contribution in [0.5, 0.6) is 0 Å². The third-order valence-corrected chi connectivity index (χ3v) is 2.20. The molecule has 3 heteroatoms. The second kappa shape index (κ2) is 2.49. The monoisotopic (exact) mass is 160 g/mol. The van der Waals surface area contributed by atoms with Crippen LogP contribution in [0.4, 0.5) is 0 Å². The molecule has 1 aromatic heterocycles. The summed E-state index contributed by atoms with van der Waals surface area (Å²) in [5.74, 6) is 0. The van der Waals surface area contributed by atoms with Crippen LogP contribution in [0.25, 0.3) is 0 Å². The Labute approximate surface area is 69.9 Å². The molecule has 2 rings (SSSR count). The van der Waals surface area contributed by atoms with Crippen LogP contribution in [-0.4, -0.2) is 4.57 Å². The lowest BCUT2D eigenvalue weighted by Gasteiger charge is -2.00. The van der Waals surface area contributed by atoms with Gasteiger partial charge in [0.05, 0.1) is 0 Å². The van der Waals surface area contributed by atoms with E-state index >= 15 is 0 Å². The summed E-state index contributed by atoms with van der Waals surface area (Å²) in [5.41, 5.74) is 1.17. The molecule has 0 bridgehead atoms. The molecule has 0 saturated heterocycles. The topological polar surface area (TPSA) is 45.8 Å². The van der Waals surface area contributed by atoms with E-state index in [-0.39, 0.29) is 11.1 Å². The Kier molecular flexibility index (Phi) is 1.47. The first-order chi connectivity index (χ1) is 5.83. The Morgan fingerprint density at radius 1 is 1.50 bits per heavy atom. The largest absolute Gasteiger partial charge is 0.312 e. The molecule has 3 nitrogen and oxygen atoms in total. The molecule has 2 heterocycles. The van der Waals surface area contributed by atoms with Crippen LogP contribution in [0.15, 0.2) is 16.9 Å². The zero-order chi connectivity index (χ0) is 8.55. The first kappa shape index (κ1) is 7.11. The number of hydrogen-bond acceptors (Lipinski definition) is 2. The average Bonchev–Trinajstić information content (AvgIpc) is 2.53. The Morgan fingerprint density at radius 2 is 2.33 bits per heavy atom. The van der Waals surface area contributed by atoms with Crippen LogP contribution in [0.3, 0.4) is 0 Å². The summed E-state index contributed by atoms with van der Waals surface area (Å²) in [6.45, 7) is 0.768. The average molecular weight is 160 g/mol. The maximum Gasteiger partial charge on any atom is 0.268 e. The van der Waals surface area contributed by atoms with Crippen molar-refractivity contribution in [3.63, 3.8) is 0 Å². The molecule has 12 heavy (non-hydrogen) atoms. The van der Waals surface area contributed by atoms with E-state index in [2.05, 4.69) is 0 Å². The van der Waals surface area contributed by atoms with Crippen LogP contribution in [0, 0.1) is 11.3 Å². The van der Waals surface area contributed by atoms with Crippen molar-refractivity contribution >= 4 is 0 Å². The maximum atomic E-state index is 11.4. The van der Waals surface area contributed by atoms with Gasteiger partial charge in [-0.05, 0) is 25.0 Å². The molecule has 0 radical (unpaired) electrons. The second-order valence-electron chi connectivity index (χ2n) is 2.91. The molecule has 0 N–H and O–H groups in total. The lowest BCUT2D eigenvalue weighted by atomic mass is 10.2. The molecule has 0 unspecified atom stereocenters. The molecule has 1 aromatic rings. The van der Waals surface area contributed by atoms with Crippen molar-refractivity contribution < 1.29 is 0 Å². The van der Waals surface area contributed by atoms with E-state index in [9.17, 15) is 4.79 Å². The third kappa shape index (κ3) is 0.850. The highest BCUT2D eigenvalue weighted by Gasteiger charge is 2.12. The van der Waals surface area contributed by atoms with Crippen molar-refractivity contribution in [1.29, 1.82) is 5.26 Å². The number of aromatic nitrogens is 1. The smallest absolute Gasteiger partial charge is 0.268 e. The van der Waals surface area contributed by atoms with Crippen LogP contribution >= 0.6 is 0 Å². The SMILES string of the molecule is N#Cc1ccc2n(c1=O)CCC2. The lowest BCUT2D eigenvalue weighted by molar-refractivity contribution is 0.719. The number of pyridine rings is 1. The van der Waals surface area contributed by atoms with Gasteiger partial charge in [0.2, 0.25) is 0 Å². The standard InChI is InChI=1S/C9H8N2O/c10-6-7-3-4-8-2-1-5-11(8)9(7)12/h3-4H,1-2,5H2. The Balaban J connectivity index is 2.72. The van der Waals surface area contributed by atoms with E-state index in [1.807, 2.05) is 12.1 Å². The fourth-order valence-corrected chi connectivity index (χ4v) is 1.58. The van der Waals surface area contributed by atoms with Gasteiger partial charge >= 0.3 is 0 Å². The first-order valence-corrected chi connectivity index (χ1v) is 3.96. The maximum absolute atomic E-state index is 11.4. The van der Waals surface area contributed by atoms with Crippen molar-refractivity contribution in [3.8, 4) is 6.07 Å².